The van der Waals surface area contributed by atoms with Crippen molar-refractivity contribution in [2.45, 2.75) is 37.3 Å². The molecule has 2 saturated heterocycles. The van der Waals surface area contributed by atoms with Gasteiger partial charge in [0.15, 0.2) is 0 Å². The van der Waals surface area contributed by atoms with Crippen LogP contribution in [0.4, 0.5) is 11.4 Å². The normalized spacial score (nSPS) is 25.0. The van der Waals surface area contributed by atoms with Crippen LogP contribution in [0.15, 0.2) is 18.2 Å². The van der Waals surface area contributed by atoms with Crippen LogP contribution in [0.2, 0.25) is 5.02 Å². The Labute approximate surface area is 131 Å². The lowest BCUT2D eigenvalue weighted by Crippen LogP contribution is -2.50. The zero-order valence-electron chi connectivity index (χ0n) is 12.5. The third-order valence-electron chi connectivity index (χ3n) is 4.79. The number of nitrogen functional groups attached to an aromatic ring is 1. The molecule has 116 valence electrons. The van der Waals surface area contributed by atoms with Crippen molar-refractivity contribution >= 4 is 23.0 Å². The van der Waals surface area contributed by atoms with Gasteiger partial charge in [0.05, 0.1) is 17.0 Å². The molecular weight excluding hydrogens is 288 g/mol. The molecule has 0 aromatic heterocycles. The van der Waals surface area contributed by atoms with E-state index in [1.807, 2.05) is 18.2 Å². The molecule has 3 rings (SSSR count). The van der Waals surface area contributed by atoms with Crippen molar-refractivity contribution in [3.8, 4) is 0 Å². The maximum Gasteiger partial charge on any atom is 0.0745 e. The van der Waals surface area contributed by atoms with Crippen LogP contribution in [0.1, 0.15) is 25.7 Å². The lowest BCUT2D eigenvalue weighted by atomic mass is 9.83. The molecule has 1 unspecified atom stereocenters. The maximum atomic E-state index is 6.12. The molecule has 0 amide bonds. The van der Waals surface area contributed by atoms with E-state index in [1.54, 1.807) is 0 Å². The lowest BCUT2D eigenvalue weighted by molar-refractivity contribution is -0.137. The number of ether oxygens (including phenoxy) is 2. The molecule has 1 aromatic rings. The number of benzene rings is 1. The van der Waals surface area contributed by atoms with Gasteiger partial charge >= 0.3 is 0 Å². The van der Waals surface area contributed by atoms with Gasteiger partial charge in [0.1, 0.15) is 0 Å². The van der Waals surface area contributed by atoms with Gasteiger partial charge in [0.25, 0.3) is 0 Å². The third kappa shape index (κ3) is 3.12. The zero-order chi connectivity index (χ0) is 14.9. The molecule has 0 saturated carbocycles. The van der Waals surface area contributed by atoms with E-state index in [0.29, 0.717) is 6.04 Å². The minimum Gasteiger partial charge on any atom is -0.397 e. The summed E-state index contributed by atoms with van der Waals surface area (Å²) in [5, 5.41) is 0.721. The largest absolute Gasteiger partial charge is 0.397 e. The van der Waals surface area contributed by atoms with Gasteiger partial charge in [-0.25, -0.2) is 0 Å². The Morgan fingerprint density at radius 3 is 2.81 bits per heavy atom. The van der Waals surface area contributed by atoms with Crippen LogP contribution in [0, 0.1) is 0 Å². The lowest BCUT2D eigenvalue weighted by Gasteiger charge is -2.46. The fourth-order valence-corrected chi connectivity index (χ4v) is 3.61. The Morgan fingerprint density at radius 2 is 2.05 bits per heavy atom. The highest BCUT2D eigenvalue weighted by Gasteiger charge is 2.40. The summed E-state index contributed by atoms with van der Waals surface area (Å²) in [6.45, 7) is 2.40. The molecule has 1 spiro atoms. The first-order chi connectivity index (χ1) is 10.1. The van der Waals surface area contributed by atoms with Crippen molar-refractivity contribution in [2.75, 3.05) is 37.5 Å². The van der Waals surface area contributed by atoms with E-state index < -0.39 is 0 Å². The maximum absolute atomic E-state index is 6.12. The average Bonchev–Trinajstić information content (AvgIpc) is 2.50. The number of rotatable bonds is 2. The Hall–Kier alpha value is -0.970. The van der Waals surface area contributed by atoms with Gasteiger partial charge in [-0.15, -0.1) is 0 Å². The van der Waals surface area contributed by atoms with Crippen molar-refractivity contribution < 1.29 is 9.47 Å². The van der Waals surface area contributed by atoms with Gasteiger partial charge in [-0.2, -0.15) is 0 Å². The average molecular weight is 311 g/mol. The molecule has 21 heavy (non-hydrogen) atoms. The molecular formula is C16H23ClN2O2. The Kier molecular flexibility index (Phi) is 4.29. The number of halogens is 1. The van der Waals surface area contributed by atoms with Crippen molar-refractivity contribution in [2.24, 2.45) is 0 Å². The van der Waals surface area contributed by atoms with Crippen LogP contribution in [-0.4, -0.2) is 38.5 Å². The molecule has 0 bridgehead atoms. The SMILES string of the molecule is CN(c1cc(Cl)ccc1N)C1CCOC2(CCOCC2)C1. The number of hydrogen-bond donors (Lipinski definition) is 1. The second-order valence-corrected chi connectivity index (χ2v) is 6.54. The first kappa shape index (κ1) is 14.9. The molecule has 0 aliphatic carbocycles. The standard InChI is InChI=1S/C16H23ClN2O2/c1-19(15-10-12(17)2-3-14(15)18)13-4-7-21-16(11-13)5-8-20-9-6-16/h2-3,10,13H,4-9,11,18H2,1H3. The summed E-state index contributed by atoms with van der Waals surface area (Å²) in [4.78, 5) is 2.26. The number of hydrogen-bond acceptors (Lipinski definition) is 4. The van der Waals surface area contributed by atoms with Crippen molar-refractivity contribution in [3.63, 3.8) is 0 Å². The quantitative estimate of drug-likeness (QED) is 0.853. The number of nitrogens with zero attached hydrogens (tertiary/aromatic N) is 1. The molecule has 2 fully saturated rings. The second-order valence-electron chi connectivity index (χ2n) is 6.10. The molecule has 4 nitrogen and oxygen atoms in total. The van der Waals surface area contributed by atoms with E-state index in [2.05, 4.69) is 11.9 Å². The highest BCUT2D eigenvalue weighted by molar-refractivity contribution is 6.31. The van der Waals surface area contributed by atoms with E-state index >= 15 is 0 Å². The summed E-state index contributed by atoms with van der Waals surface area (Å²) in [5.74, 6) is 0. The van der Waals surface area contributed by atoms with E-state index in [-0.39, 0.29) is 5.60 Å². The highest BCUT2D eigenvalue weighted by atomic mass is 35.5. The molecule has 2 aliphatic heterocycles. The Bertz CT molecular complexity index is 498. The van der Waals surface area contributed by atoms with E-state index in [1.165, 1.54) is 0 Å². The number of anilines is 2. The van der Waals surface area contributed by atoms with E-state index in [9.17, 15) is 0 Å². The summed E-state index contributed by atoms with van der Waals surface area (Å²) in [5.41, 5.74) is 7.89. The summed E-state index contributed by atoms with van der Waals surface area (Å²) in [6, 6.07) is 6.08. The summed E-state index contributed by atoms with van der Waals surface area (Å²) < 4.78 is 11.6. The Balaban J connectivity index is 1.77. The van der Waals surface area contributed by atoms with Crippen molar-refractivity contribution in [1.82, 2.24) is 0 Å². The van der Waals surface area contributed by atoms with Gasteiger partial charge in [-0.05, 0) is 43.9 Å². The van der Waals surface area contributed by atoms with Crippen LogP contribution < -0.4 is 10.6 Å². The molecule has 2 aliphatic rings. The van der Waals surface area contributed by atoms with Gasteiger partial charge < -0.3 is 20.1 Å². The van der Waals surface area contributed by atoms with Gasteiger partial charge in [-0.1, -0.05) is 11.6 Å². The smallest absolute Gasteiger partial charge is 0.0745 e. The van der Waals surface area contributed by atoms with Crippen LogP contribution in [0.3, 0.4) is 0 Å². The highest BCUT2D eigenvalue weighted by Crippen LogP contribution is 2.38. The molecule has 2 N–H and O–H groups in total. The predicted octanol–water partition coefficient (Wildman–Crippen LogP) is 3.09. The number of nitrogens with two attached hydrogens (primary N) is 1. The fraction of sp³-hybridized carbons (Fsp3) is 0.625. The van der Waals surface area contributed by atoms with Crippen molar-refractivity contribution in [3.05, 3.63) is 23.2 Å². The summed E-state index contributed by atoms with van der Waals surface area (Å²) >= 11 is 6.12. The molecule has 5 heteroatoms. The molecule has 1 aromatic carbocycles. The fourth-order valence-electron chi connectivity index (χ4n) is 3.44. The minimum atomic E-state index is -0.0111. The first-order valence-electron chi connectivity index (χ1n) is 7.59. The molecule has 0 radical (unpaired) electrons. The van der Waals surface area contributed by atoms with Gasteiger partial charge in [-0.3, -0.25) is 0 Å². The predicted molar refractivity (Wildman–Crippen MR) is 86.0 cm³/mol. The minimum absolute atomic E-state index is 0.0111. The monoisotopic (exact) mass is 310 g/mol. The molecule has 1 atom stereocenters. The second kappa shape index (κ2) is 6.03. The molecule has 2 heterocycles. The van der Waals surface area contributed by atoms with E-state index in [4.69, 9.17) is 26.8 Å². The van der Waals surface area contributed by atoms with Crippen LogP contribution in [-0.2, 0) is 9.47 Å². The Morgan fingerprint density at radius 1 is 1.29 bits per heavy atom. The first-order valence-corrected chi connectivity index (χ1v) is 7.97. The van der Waals surface area contributed by atoms with Crippen LogP contribution in [0.5, 0.6) is 0 Å². The topological polar surface area (TPSA) is 47.7 Å². The van der Waals surface area contributed by atoms with Crippen LogP contribution >= 0.6 is 11.6 Å². The summed E-state index contributed by atoms with van der Waals surface area (Å²) in [7, 11) is 2.10. The van der Waals surface area contributed by atoms with Crippen LogP contribution in [0.25, 0.3) is 0 Å². The zero-order valence-corrected chi connectivity index (χ0v) is 13.2. The summed E-state index contributed by atoms with van der Waals surface area (Å²) in [6.07, 6.45) is 4.02. The van der Waals surface area contributed by atoms with Gasteiger partial charge in [0.2, 0.25) is 0 Å². The van der Waals surface area contributed by atoms with Crippen molar-refractivity contribution in [1.29, 1.82) is 0 Å². The van der Waals surface area contributed by atoms with E-state index in [0.717, 1.165) is 61.9 Å². The van der Waals surface area contributed by atoms with Gasteiger partial charge in [0, 0.05) is 37.9 Å². The third-order valence-corrected chi connectivity index (χ3v) is 5.03.